The zero-order valence-corrected chi connectivity index (χ0v) is 16.3. The van der Waals surface area contributed by atoms with Crippen molar-refractivity contribution in [2.75, 3.05) is 35.3 Å². The first-order valence-electron chi connectivity index (χ1n) is 5.91. The molecular formula is C17H19CrNO7. The zero-order valence-electron chi connectivity index (χ0n) is 15.0. The van der Waals surface area contributed by atoms with E-state index >= 15 is 0 Å². The third-order valence-electron chi connectivity index (χ3n) is 1.33. The second kappa shape index (κ2) is 34.4. The number of methoxy groups -OCH3 is 1. The van der Waals surface area contributed by atoms with Gasteiger partial charge in [0.2, 0.25) is 0 Å². The molecule has 9 heteroatoms. The van der Waals surface area contributed by atoms with E-state index < -0.39 is 0 Å². The van der Waals surface area contributed by atoms with Gasteiger partial charge in [-0.15, -0.1) is 0 Å². The van der Waals surface area contributed by atoms with Crippen LogP contribution in [0.5, 0.6) is 5.75 Å². The summed E-state index contributed by atoms with van der Waals surface area (Å²) in [7, 11) is 10.0. The third kappa shape index (κ3) is 43.1. The van der Waals surface area contributed by atoms with Gasteiger partial charge >= 0.3 is 129 Å². The molecule has 0 spiro atoms. The molecule has 1 rings (SSSR count). The monoisotopic (exact) mass is 401 g/mol. The van der Waals surface area contributed by atoms with Crippen LogP contribution in [0.2, 0.25) is 0 Å². The Morgan fingerprint density at radius 2 is 1.12 bits per heavy atom. The summed E-state index contributed by atoms with van der Waals surface area (Å²) in [6.45, 7) is 22.5. The molecule has 0 saturated heterocycles. The molecule has 0 aliphatic carbocycles. The summed E-state index contributed by atoms with van der Waals surface area (Å²) < 4.78 is 43.4. The first kappa shape index (κ1) is 39.2. The second-order valence-electron chi connectivity index (χ2n) is 4.67. The van der Waals surface area contributed by atoms with Crippen LogP contribution in [0.1, 0.15) is 5.56 Å². The molecule has 26 heavy (non-hydrogen) atoms. The number of benzene rings is 1. The van der Waals surface area contributed by atoms with Crippen molar-refractivity contribution in [3.63, 3.8) is 0 Å². The maximum absolute atomic E-state index is 10.9. The molecule has 0 aliphatic rings. The molecule has 1 aromatic rings. The van der Waals surface area contributed by atoms with E-state index in [1.54, 1.807) is 25.3 Å². The fourth-order valence-electron chi connectivity index (χ4n) is 0.813. The summed E-state index contributed by atoms with van der Waals surface area (Å²) in [5.41, 5.74) is 0.579. The summed E-state index contributed by atoms with van der Waals surface area (Å²) in [4.78, 5) is 0. The number of hydrogen-bond acceptors (Lipinski definition) is 2. The standard InChI is InChI=1S/C8H7O2.C4H12N.5CO.Cr/c1-10-8-5-3-2-4-7(8)6-9;1-5(2,3)4;5*1-2;/h2-5H,1H3;1-4H3;;;;;;/q-1;+1;;;;;;. The summed E-state index contributed by atoms with van der Waals surface area (Å²) in [6, 6.07) is 7.10. The van der Waals surface area contributed by atoms with Gasteiger partial charge in [-0.2, -0.15) is 0 Å². The van der Waals surface area contributed by atoms with Crippen molar-refractivity contribution in [3.8, 4) is 5.75 Å². The number of nitrogens with zero attached hydrogens (tertiary/aromatic N) is 1. The van der Waals surface area contributed by atoms with Crippen molar-refractivity contribution in [1.82, 2.24) is 0 Å². The topological polar surface area (TPSA) is 132 Å². The number of hydrogen-bond donors (Lipinski definition) is 0. The number of para-hydroxylation sites is 1. The van der Waals surface area contributed by atoms with Crippen LogP contribution in [0.3, 0.4) is 0 Å². The Hall–Kier alpha value is -1.96. The van der Waals surface area contributed by atoms with Crippen LogP contribution in [-0.2, 0) is 39.1 Å². The summed E-state index contributed by atoms with van der Waals surface area (Å²) in [6.07, 6.45) is 0. The maximum atomic E-state index is 10.9. The van der Waals surface area contributed by atoms with E-state index in [0.717, 1.165) is 4.48 Å². The average Bonchev–Trinajstić information content (AvgIpc) is 2.68. The molecule has 1 aromatic carbocycles. The fourth-order valence-corrected chi connectivity index (χ4v) is 1.08. The predicted molar refractivity (Wildman–Crippen MR) is 80.7 cm³/mol. The first-order chi connectivity index (χ1) is 12.3. The molecular weight excluding hydrogens is 382 g/mol. The molecule has 0 heterocycles. The van der Waals surface area contributed by atoms with Crippen LogP contribution >= 0.6 is 0 Å². The summed E-state index contributed by atoms with van der Waals surface area (Å²) in [5, 5.41) is 10.9. The van der Waals surface area contributed by atoms with Gasteiger partial charge in [0.05, 0.1) is 28.2 Å². The van der Waals surface area contributed by atoms with Crippen LogP contribution in [0.4, 0.5) is 0 Å². The van der Waals surface area contributed by atoms with Gasteiger partial charge in [-0.05, 0) is 0 Å². The molecule has 0 aromatic heterocycles. The van der Waals surface area contributed by atoms with Crippen molar-refractivity contribution in [3.05, 3.63) is 63.1 Å². The van der Waals surface area contributed by atoms with E-state index in [1.165, 1.54) is 0 Å². The molecule has 0 N–H and O–H groups in total. The van der Waals surface area contributed by atoms with Crippen LogP contribution in [0.25, 0.3) is 0 Å². The van der Waals surface area contributed by atoms with Gasteiger partial charge in [0.15, 0.2) is 0 Å². The molecule has 0 radical (unpaired) electrons. The normalized spacial score (nSPS) is 6.62. The van der Waals surface area contributed by atoms with Gasteiger partial charge in [-0.1, -0.05) is 0 Å². The minimum absolute atomic E-state index is 0.0950. The Labute approximate surface area is 162 Å². The van der Waals surface area contributed by atoms with Crippen LogP contribution in [0.15, 0.2) is 24.3 Å². The van der Waals surface area contributed by atoms with Gasteiger partial charge in [0.25, 0.3) is 0 Å². The van der Waals surface area contributed by atoms with Crippen LogP contribution < -0.4 is 9.84 Å². The fraction of sp³-hybridized carbons (Fsp3) is 0.294. The van der Waals surface area contributed by atoms with Crippen molar-refractivity contribution >= 4 is 4.57 Å². The Balaban J connectivity index is -0.0000000566. The van der Waals surface area contributed by atoms with Gasteiger partial charge in [0.1, 0.15) is 0 Å². The van der Waals surface area contributed by atoms with Gasteiger partial charge in [0, 0.05) is 0 Å². The molecule has 8 nitrogen and oxygen atoms in total. The summed E-state index contributed by atoms with van der Waals surface area (Å²) >= 11 is 2.41. The summed E-state index contributed by atoms with van der Waals surface area (Å²) in [5.74, 6) is 0.608. The zero-order chi connectivity index (χ0) is 22.8. The van der Waals surface area contributed by atoms with Crippen LogP contribution in [0, 0.1) is 33.3 Å². The van der Waals surface area contributed by atoms with E-state index in [4.69, 9.17) is 28.0 Å². The van der Waals surface area contributed by atoms with Crippen LogP contribution in [-0.4, -0.2) is 44.3 Å². The second-order valence-corrected chi connectivity index (χ2v) is 5.25. The molecule has 0 saturated carbocycles. The molecule has 0 unspecified atom stereocenters. The van der Waals surface area contributed by atoms with Crippen molar-refractivity contribution in [1.29, 1.82) is 0 Å². The minimum atomic E-state index is -0.0950. The molecule has 140 valence electrons. The van der Waals surface area contributed by atoms with Gasteiger partial charge in [-0.25, -0.2) is 0 Å². The average molecular weight is 401 g/mol. The van der Waals surface area contributed by atoms with Crippen molar-refractivity contribution < 1.29 is 53.4 Å². The van der Waals surface area contributed by atoms with E-state index in [0.29, 0.717) is 11.3 Å². The molecule has 0 atom stereocenters. The Morgan fingerprint density at radius 3 is 1.31 bits per heavy atom. The number of ether oxygens (including phenoxy) is 1. The quantitative estimate of drug-likeness (QED) is 0.398. The van der Waals surface area contributed by atoms with E-state index in [1.807, 2.05) is 6.07 Å². The molecule has 0 aliphatic heterocycles. The SMILES string of the molecule is COc1ccccc1[C]([O-])=[Cr].C[N+](C)(C)C.[C-]#[O+].[C-]#[O+].[C-]#[O+].[C-]#[O+].[C-]#[O+]. The number of rotatable bonds is 2. The van der Waals surface area contributed by atoms with E-state index in [2.05, 4.69) is 77.3 Å². The van der Waals surface area contributed by atoms with Gasteiger partial charge in [-0.3, -0.25) is 0 Å². The Bertz CT molecular complexity index is 500. The van der Waals surface area contributed by atoms with Gasteiger partial charge < -0.3 is 4.48 Å². The molecule has 0 bridgehead atoms. The number of quaternary nitrogens is 1. The van der Waals surface area contributed by atoms with E-state index in [9.17, 15) is 5.11 Å². The third-order valence-corrected chi connectivity index (χ3v) is 1.67. The van der Waals surface area contributed by atoms with E-state index in [-0.39, 0.29) is 4.57 Å². The molecule has 0 amide bonds. The Kier molecular flexibility index (Phi) is 51.9. The Morgan fingerprint density at radius 1 is 0.846 bits per heavy atom. The van der Waals surface area contributed by atoms with Crippen molar-refractivity contribution in [2.45, 2.75) is 0 Å². The predicted octanol–water partition coefficient (Wildman–Crippen LogP) is 0.215. The first-order valence-corrected chi connectivity index (χ1v) is 6.54. The molecule has 0 fully saturated rings. The van der Waals surface area contributed by atoms with Crippen molar-refractivity contribution in [2.24, 2.45) is 0 Å².